The Morgan fingerprint density at radius 1 is 1.56 bits per heavy atom. The van der Waals surface area contributed by atoms with Crippen molar-refractivity contribution in [3.63, 3.8) is 0 Å². The van der Waals surface area contributed by atoms with E-state index in [4.69, 9.17) is 9.52 Å². The Hall–Kier alpha value is -1.49. The summed E-state index contributed by atoms with van der Waals surface area (Å²) in [5.41, 5.74) is 1.48. The van der Waals surface area contributed by atoms with Crippen LogP contribution in [0.2, 0.25) is 0 Å². The van der Waals surface area contributed by atoms with Gasteiger partial charge in [0, 0.05) is 12.2 Å². The summed E-state index contributed by atoms with van der Waals surface area (Å²) in [6.45, 7) is 0. The second-order valence-electron chi connectivity index (χ2n) is 3.34. The molecule has 0 aliphatic heterocycles. The number of hydrogen-bond acceptors (Lipinski definition) is 4. The molecule has 4 nitrogen and oxygen atoms in total. The van der Waals surface area contributed by atoms with Crippen LogP contribution >= 0.6 is 11.8 Å². The molecule has 2 aromatic rings. The zero-order chi connectivity index (χ0) is 11.5. The Labute approximate surface area is 96.7 Å². The fourth-order valence-corrected chi connectivity index (χ4v) is 1.78. The van der Waals surface area contributed by atoms with Gasteiger partial charge in [0.2, 0.25) is 0 Å². The van der Waals surface area contributed by atoms with Crippen molar-refractivity contribution in [3.05, 3.63) is 29.7 Å². The first-order valence-corrected chi connectivity index (χ1v) is 6.22. The van der Waals surface area contributed by atoms with Gasteiger partial charge < -0.3 is 9.52 Å². The molecule has 1 N–H and O–H groups in total. The minimum Gasteiger partial charge on any atom is -0.478 e. The number of rotatable bonds is 4. The maximum absolute atomic E-state index is 10.8. The summed E-state index contributed by atoms with van der Waals surface area (Å²) < 4.78 is 5.49. The Balaban J connectivity index is 2.34. The lowest BCUT2D eigenvalue weighted by Gasteiger charge is -1.91. The van der Waals surface area contributed by atoms with Crippen molar-refractivity contribution in [3.8, 4) is 0 Å². The molecule has 2 rings (SSSR count). The van der Waals surface area contributed by atoms with E-state index in [9.17, 15) is 4.79 Å². The van der Waals surface area contributed by atoms with E-state index in [-0.39, 0.29) is 5.56 Å². The third kappa shape index (κ3) is 2.19. The maximum Gasteiger partial charge on any atom is 0.335 e. The molecule has 1 heterocycles. The zero-order valence-corrected chi connectivity index (χ0v) is 9.58. The highest BCUT2D eigenvalue weighted by atomic mass is 32.2. The van der Waals surface area contributed by atoms with E-state index in [1.807, 2.05) is 6.26 Å². The van der Waals surface area contributed by atoms with E-state index in [1.165, 1.54) is 12.1 Å². The summed E-state index contributed by atoms with van der Waals surface area (Å²) in [5.74, 6) is 0.654. The highest BCUT2D eigenvalue weighted by molar-refractivity contribution is 7.98. The molecule has 0 amide bonds. The van der Waals surface area contributed by atoms with Crippen LogP contribution in [0.4, 0.5) is 0 Å². The number of thioether (sulfide) groups is 1. The van der Waals surface area contributed by atoms with Crippen molar-refractivity contribution >= 4 is 28.8 Å². The topological polar surface area (TPSA) is 63.3 Å². The molecule has 1 aromatic carbocycles. The molecule has 84 valence electrons. The molecule has 0 saturated heterocycles. The van der Waals surface area contributed by atoms with Crippen LogP contribution in [-0.4, -0.2) is 28.1 Å². The van der Waals surface area contributed by atoms with E-state index in [2.05, 4.69) is 4.98 Å². The van der Waals surface area contributed by atoms with Gasteiger partial charge in [0.25, 0.3) is 0 Å². The number of aryl methyl sites for hydroxylation is 1. The Morgan fingerprint density at radius 2 is 2.38 bits per heavy atom. The molecule has 0 fully saturated rings. The van der Waals surface area contributed by atoms with Crippen LogP contribution in [0, 0.1) is 0 Å². The number of aromatic nitrogens is 1. The van der Waals surface area contributed by atoms with Gasteiger partial charge in [0.15, 0.2) is 11.5 Å². The average Bonchev–Trinajstić information content (AvgIpc) is 2.67. The number of carboxylic acids is 1. The molecular weight excluding hydrogens is 226 g/mol. The van der Waals surface area contributed by atoms with Gasteiger partial charge in [-0.1, -0.05) is 0 Å². The number of nitrogens with zero attached hydrogens (tertiary/aromatic N) is 1. The number of benzene rings is 1. The highest BCUT2D eigenvalue weighted by Crippen LogP contribution is 2.18. The van der Waals surface area contributed by atoms with Crippen LogP contribution in [0.5, 0.6) is 0 Å². The number of aromatic carboxylic acids is 1. The van der Waals surface area contributed by atoms with E-state index < -0.39 is 5.97 Å². The standard InChI is InChI=1S/C11H11NO3S/c1-16-5-4-10-12-8-6-7(11(13)14)2-3-9(8)15-10/h2-3,6H,4-5H2,1H3,(H,13,14). The third-order valence-corrected chi connectivity index (χ3v) is 2.81. The van der Waals surface area contributed by atoms with Crippen molar-refractivity contribution in [2.45, 2.75) is 6.42 Å². The largest absolute Gasteiger partial charge is 0.478 e. The Morgan fingerprint density at radius 3 is 3.06 bits per heavy atom. The SMILES string of the molecule is CSCCc1nc2cc(C(=O)O)ccc2o1. The molecule has 1 aromatic heterocycles. The number of carbonyl (C=O) groups is 1. The molecule has 0 aliphatic rings. The van der Waals surface area contributed by atoms with Crippen LogP contribution < -0.4 is 0 Å². The first kappa shape index (κ1) is 11.0. The number of carboxylic acid groups (broad SMARTS) is 1. The van der Waals surface area contributed by atoms with Crippen molar-refractivity contribution in [2.75, 3.05) is 12.0 Å². The van der Waals surface area contributed by atoms with Crippen LogP contribution in [0.15, 0.2) is 22.6 Å². The molecule has 0 atom stereocenters. The Kier molecular flexibility index (Phi) is 3.14. The number of oxazole rings is 1. The summed E-state index contributed by atoms with van der Waals surface area (Å²) in [5, 5.41) is 8.83. The van der Waals surface area contributed by atoms with Crippen molar-refractivity contribution in [2.24, 2.45) is 0 Å². The second-order valence-corrected chi connectivity index (χ2v) is 4.32. The summed E-state index contributed by atoms with van der Waals surface area (Å²) in [6, 6.07) is 4.70. The van der Waals surface area contributed by atoms with Gasteiger partial charge in [0.1, 0.15) is 5.52 Å². The highest BCUT2D eigenvalue weighted by Gasteiger charge is 2.09. The maximum atomic E-state index is 10.8. The van der Waals surface area contributed by atoms with Crippen LogP contribution in [0.3, 0.4) is 0 Å². The molecule has 0 unspecified atom stereocenters. The summed E-state index contributed by atoms with van der Waals surface area (Å²) in [4.78, 5) is 15.0. The Bertz CT molecular complexity index is 521. The quantitative estimate of drug-likeness (QED) is 0.884. The molecule has 0 saturated carbocycles. The molecule has 5 heteroatoms. The lowest BCUT2D eigenvalue weighted by molar-refractivity contribution is 0.0697. The normalized spacial score (nSPS) is 10.8. The van der Waals surface area contributed by atoms with Crippen molar-refractivity contribution < 1.29 is 14.3 Å². The fraction of sp³-hybridized carbons (Fsp3) is 0.273. The molecule has 0 radical (unpaired) electrons. The molecule has 0 aliphatic carbocycles. The van der Waals surface area contributed by atoms with Crippen molar-refractivity contribution in [1.82, 2.24) is 4.98 Å². The van der Waals surface area contributed by atoms with Gasteiger partial charge in [-0.25, -0.2) is 9.78 Å². The van der Waals surface area contributed by atoms with E-state index in [1.54, 1.807) is 17.8 Å². The summed E-state index contributed by atoms with van der Waals surface area (Å²) >= 11 is 1.72. The number of fused-ring (bicyclic) bond motifs is 1. The summed E-state index contributed by atoms with van der Waals surface area (Å²) in [7, 11) is 0. The average molecular weight is 237 g/mol. The first-order valence-electron chi connectivity index (χ1n) is 4.82. The van der Waals surface area contributed by atoms with Gasteiger partial charge in [-0.15, -0.1) is 0 Å². The smallest absolute Gasteiger partial charge is 0.335 e. The van der Waals surface area contributed by atoms with Gasteiger partial charge in [0.05, 0.1) is 5.56 Å². The van der Waals surface area contributed by atoms with Gasteiger partial charge in [-0.3, -0.25) is 0 Å². The minimum absolute atomic E-state index is 0.234. The first-order chi connectivity index (χ1) is 7.70. The predicted octanol–water partition coefficient (Wildman–Crippen LogP) is 2.43. The molecular formula is C11H11NO3S. The van der Waals surface area contributed by atoms with Crippen LogP contribution in [0.1, 0.15) is 16.2 Å². The van der Waals surface area contributed by atoms with E-state index >= 15 is 0 Å². The fourth-order valence-electron chi connectivity index (χ4n) is 1.40. The third-order valence-electron chi connectivity index (χ3n) is 2.20. The van der Waals surface area contributed by atoms with Gasteiger partial charge in [-0.2, -0.15) is 11.8 Å². The zero-order valence-electron chi connectivity index (χ0n) is 8.77. The van der Waals surface area contributed by atoms with Gasteiger partial charge >= 0.3 is 5.97 Å². The second kappa shape index (κ2) is 4.57. The predicted molar refractivity (Wildman–Crippen MR) is 63.1 cm³/mol. The van der Waals surface area contributed by atoms with E-state index in [0.29, 0.717) is 17.0 Å². The number of hydrogen-bond donors (Lipinski definition) is 1. The van der Waals surface area contributed by atoms with Crippen LogP contribution in [0.25, 0.3) is 11.1 Å². The summed E-state index contributed by atoms with van der Waals surface area (Å²) in [6.07, 6.45) is 2.78. The van der Waals surface area contributed by atoms with Crippen molar-refractivity contribution in [1.29, 1.82) is 0 Å². The van der Waals surface area contributed by atoms with Gasteiger partial charge in [-0.05, 0) is 24.5 Å². The lowest BCUT2D eigenvalue weighted by Crippen LogP contribution is -1.94. The lowest BCUT2D eigenvalue weighted by atomic mass is 10.2. The molecule has 0 spiro atoms. The minimum atomic E-state index is -0.949. The van der Waals surface area contributed by atoms with E-state index in [0.717, 1.165) is 12.2 Å². The molecule has 16 heavy (non-hydrogen) atoms. The van der Waals surface area contributed by atoms with Crippen LogP contribution in [-0.2, 0) is 6.42 Å². The monoisotopic (exact) mass is 237 g/mol. The molecule has 0 bridgehead atoms.